The molecule has 0 radical (unpaired) electrons. The van der Waals surface area contributed by atoms with Gasteiger partial charge in [0.05, 0.1) is 26.0 Å². The van der Waals surface area contributed by atoms with Gasteiger partial charge in [0.25, 0.3) is 5.91 Å². The highest BCUT2D eigenvalue weighted by Crippen LogP contribution is 2.23. The number of fused-ring (bicyclic) bond motifs is 1. The van der Waals surface area contributed by atoms with E-state index in [1.54, 1.807) is 4.68 Å². The van der Waals surface area contributed by atoms with Gasteiger partial charge in [-0.3, -0.25) is 4.79 Å². The van der Waals surface area contributed by atoms with E-state index >= 15 is 0 Å². The number of amides is 1. The Hall–Kier alpha value is -1.56. The number of hydrogen-bond acceptors (Lipinski definition) is 4. The second-order valence-electron chi connectivity index (χ2n) is 3.27. The highest BCUT2D eigenvalue weighted by Gasteiger charge is 2.24. The second-order valence-corrected chi connectivity index (χ2v) is 3.27. The van der Waals surface area contributed by atoms with Crippen LogP contribution in [0.1, 0.15) is 10.4 Å². The molecular weight excluding hydrogens is 186 g/mol. The summed E-state index contributed by atoms with van der Waals surface area (Å²) in [5, 5.41) is 12.9. The number of carbonyl (C=O) groups is 1. The predicted molar refractivity (Wildman–Crippen MR) is 46.8 cm³/mol. The Morgan fingerprint density at radius 3 is 3.29 bits per heavy atom. The first-order valence-electron chi connectivity index (χ1n) is 4.31. The third-order valence-electron chi connectivity index (χ3n) is 2.20. The number of aliphatic hydroxyl groups is 1. The number of hydrogen-bond donors (Lipinski definition) is 2. The van der Waals surface area contributed by atoms with E-state index in [9.17, 15) is 4.79 Å². The fraction of sp³-hybridized carbons (Fsp3) is 0.500. The van der Waals surface area contributed by atoms with Crippen molar-refractivity contribution in [3.63, 3.8) is 0 Å². The van der Waals surface area contributed by atoms with Crippen LogP contribution in [-0.2, 0) is 6.54 Å². The molecule has 1 aromatic rings. The van der Waals surface area contributed by atoms with E-state index in [0.29, 0.717) is 24.6 Å². The molecule has 0 aromatic carbocycles. The first-order valence-corrected chi connectivity index (χ1v) is 4.31. The third kappa shape index (κ3) is 1.33. The van der Waals surface area contributed by atoms with Gasteiger partial charge in [0.15, 0.2) is 0 Å². The molecule has 1 unspecified atom stereocenters. The Morgan fingerprint density at radius 2 is 2.64 bits per heavy atom. The van der Waals surface area contributed by atoms with Crippen LogP contribution in [0.15, 0.2) is 6.20 Å². The van der Waals surface area contributed by atoms with Crippen LogP contribution < -0.4 is 10.5 Å². The lowest BCUT2D eigenvalue weighted by Crippen LogP contribution is -2.29. The molecule has 3 N–H and O–H groups in total. The van der Waals surface area contributed by atoms with Crippen molar-refractivity contribution in [1.82, 2.24) is 9.78 Å². The van der Waals surface area contributed by atoms with Gasteiger partial charge in [-0.2, -0.15) is 5.10 Å². The number of nitrogens with zero attached hydrogens (tertiary/aromatic N) is 2. The maximum Gasteiger partial charge on any atom is 0.255 e. The van der Waals surface area contributed by atoms with Gasteiger partial charge in [0.1, 0.15) is 5.56 Å². The van der Waals surface area contributed by atoms with Gasteiger partial charge in [-0.05, 0) is 0 Å². The van der Waals surface area contributed by atoms with Crippen molar-refractivity contribution >= 4 is 5.91 Å². The van der Waals surface area contributed by atoms with Gasteiger partial charge < -0.3 is 15.6 Å². The quantitative estimate of drug-likeness (QED) is 0.635. The van der Waals surface area contributed by atoms with E-state index in [0.717, 1.165) is 0 Å². The molecule has 0 aliphatic carbocycles. The summed E-state index contributed by atoms with van der Waals surface area (Å²) >= 11 is 0. The Labute approximate surface area is 80.3 Å². The molecule has 0 fully saturated rings. The Bertz CT molecular complexity index is 361. The number of aromatic nitrogens is 2. The van der Waals surface area contributed by atoms with E-state index in [1.165, 1.54) is 6.20 Å². The molecule has 0 saturated heterocycles. The lowest BCUT2D eigenvalue weighted by molar-refractivity contribution is 0.0959. The summed E-state index contributed by atoms with van der Waals surface area (Å²) in [6.07, 6.45) is 1.39. The zero-order valence-corrected chi connectivity index (χ0v) is 7.51. The van der Waals surface area contributed by atoms with Gasteiger partial charge in [-0.25, -0.2) is 4.68 Å². The molecule has 2 heterocycles. The van der Waals surface area contributed by atoms with Crippen LogP contribution in [0.3, 0.4) is 0 Å². The summed E-state index contributed by atoms with van der Waals surface area (Å²) in [7, 11) is 0. The van der Waals surface area contributed by atoms with Crippen molar-refractivity contribution in [1.29, 1.82) is 0 Å². The first-order chi connectivity index (χ1) is 6.72. The van der Waals surface area contributed by atoms with Crippen LogP contribution in [0.5, 0.6) is 5.88 Å². The number of carbonyl (C=O) groups excluding carboxylic acids is 1. The van der Waals surface area contributed by atoms with Crippen molar-refractivity contribution in [2.75, 3.05) is 13.2 Å². The topological polar surface area (TPSA) is 90.4 Å². The number of rotatable bonds is 2. The van der Waals surface area contributed by atoms with Crippen LogP contribution in [0, 0.1) is 5.92 Å². The Kier molecular flexibility index (Phi) is 2.12. The highest BCUT2D eigenvalue weighted by atomic mass is 16.5. The molecule has 0 spiro atoms. The van der Waals surface area contributed by atoms with Crippen molar-refractivity contribution < 1.29 is 14.6 Å². The van der Waals surface area contributed by atoms with Crippen molar-refractivity contribution in [3.8, 4) is 5.88 Å². The molecule has 1 aliphatic rings. The first kappa shape index (κ1) is 9.01. The highest BCUT2D eigenvalue weighted by molar-refractivity contribution is 5.94. The van der Waals surface area contributed by atoms with Gasteiger partial charge in [0.2, 0.25) is 5.88 Å². The lowest BCUT2D eigenvalue weighted by Gasteiger charge is -2.22. The van der Waals surface area contributed by atoms with Gasteiger partial charge in [0, 0.05) is 5.92 Å². The number of aliphatic hydroxyl groups excluding tert-OH is 1. The summed E-state index contributed by atoms with van der Waals surface area (Å²) in [5.41, 5.74) is 5.42. The monoisotopic (exact) mass is 197 g/mol. The summed E-state index contributed by atoms with van der Waals surface area (Å²) < 4.78 is 6.85. The second kappa shape index (κ2) is 3.30. The Morgan fingerprint density at radius 1 is 1.86 bits per heavy atom. The van der Waals surface area contributed by atoms with Crippen LogP contribution in [0.2, 0.25) is 0 Å². The molecule has 76 valence electrons. The smallest absolute Gasteiger partial charge is 0.255 e. The SMILES string of the molecule is NC(=O)c1cnn2c1OCC(CO)C2. The minimum atomic E-state index is -0.548. The summed E-state index contributed by atoms with van der Waals surface area (Å²) in [6, 6.07) is 0. The van der Waals surface area contributed by atoms with Crippen LogP contribution in [0.25, 0.3) is 0 Å². The van der Waals surface area contributed by atoms with E-state index in [1.807, 2.05) is 0 Å². The average molecular weight is 197 g/mol. The zero-order valence-electron chi connectivity index (χ0n) is 7.51. The van der Waals surface area contributed by atoms with Crippen LogP contribution in [0.4, 0.5) is 0 Å². The third-order valence-corrected chi connectivity index (χ3v) is 2.20. The summed E-state index contributed by atoms with van der Waals surface area (Å²) in [5.74, 6) is -0.112. The molecule has 1 aromatic heterocycles. The molecule has 1 aliphatic heterocycles. The standard InChI is InChI=1S/C8H11N3O3/c9-7(13)6-1-10-11-2-5(3-12)4-14-8(6)11/h1,5,12H,2-4H2,(H2,9,13). The lowest BCUT2D eigenvalue weighted by atomic mass is 10.1. The van der Waals surface area contributed by atoms with Gasteiger partial charge in [-0.1, -0.05) is 0 Å². The minimum absolute atomic E-state index is 0.0307. The molecule has 1 atom stereocenters. The molecule has 6 nitrogen and oxygen atoms in total. The van der Waals surface area contributed by atoms with Crippen molar-refractivity contribution in [3.05, 3.63) is 11.8 Å². The molecule has 0 bridgehead atoms. The van der Waals surface area contributed by atoms with E-state index in [4.69, 9.17) is 15.6 Å². The largest absolute Gasteiger partial charge is 0.477 e. The fourth-order valence-corrected chi connectivity index (χ4v) is 1.43. The number of nitrogens with two attached hydrogens (primary N) is 1. The van der Waals surface area contributed by atoms with Gasteiger partial charge in [-0.15, -0.1) is 0 Å². The normalized spacial score (nSPS) is 19.9. The number of primary amides is 1. The molecule has 0 saturated carbocycles. The number of ether oxygens (including phenoxy) is 1. The summed E-state index contributed by atoms with van der Waals surface area (Å²) in [6.45, 7) is 0.993. The fourth-order valence-electron chi connectivity index (χ4n) is 1.43. The summed E-state index contributed by atoms with van der Waals surface area (Å²) in [4.78, 5) is 10.9. The predicted octanol–water partition coefficient (Wildman–Crippen LogP) is -1.02. The average Bonchev–Trinajstić information content (AvgIpc) is 2.59. The van der Waals surface area contributed by atoms with Crippen LogP contribution in [-0.4, -0.2) is 34.0 Å². The van der Waals surface area contributed by atoms with E-state index in [2.05, 4.69) is 5.10 Å². The maximum atomic E-state index is 10.9. The van der Waals surface area contributed by atoms with E-state index < -0.39 is 5.91 Å². The maximum absolute atomic E-state index is 10.9. The van der Waals surface area contributed by atoms with Crippen molar-refractivity contribution in [2.24, 2.45) is 11.7 Å². The molecule has 14 heavy (non-hydrogen) atoms. The molecule has 1 amide bonds. The van der Waals surface area contributed by atoms with E-state index in [-0.39, 0.29) is 12.5 Å². The Balaban J connectivity index is 2.29. The van der Waals surface area contributed by atoms with Crippen molar-refractivity contribution in [2.45, 2.75) is 6.54 Å². The van der Waals surface area contributed by atoms with Gasteiger partial charge >= 0.3 is 0 Å². The zero-order chi connectivity index (χ0) is 10.1. The molecule has 2 rings (SSSR count). The molecule has 6 heteroatoms. The van der Waals surface area contributed by atoms with Crippen LogP contribution >= 0.6 is 0 Å². The molecular formula is C8H11N3O3. The minimum Gasteiger partial charge on any atom is -0.477 e.